The van der Waals surface area contributed by atoms with E-state index in [0.717, 1.165) is 22.3 Å². The van der Waals surface area contributed by atoms with Crippen molar-refractivity contribution in [2.45, 2.75) is 14.9 Å². The zero-order valence-electron chi connectivity index (χ0n) is 6.58. The summed E-state index contributed by atoms with van der Waals surface area (Å²) in [4.78, 5) is 10.6. The number of carbonyl (C=O) groups is 1. The normalized spacial score (nSPS) is 6.21. The minimum Gasteiger partial charge on any atom is 0 e. The third-order valence-electron chi connectivity index (χ3n) is 0.785. The molecule has 4 nitrogen and oxygen atoms in total. The third kappa shape index (κ3) is 10.3. The first-order chi connectivity index (χ1) is 5.11. The van der Waals surface area contributed by atoms with Gasteiger partial charge in [0.15, 0.2) is 0 Å². The van der Waals surface area contributed by atoms with Crippen molar-refractivity contribution < 1.29 is 20.8 Å². The molecule has 0 aromatic heterocycles. The number of carbonyl (C=O) groups excluding carboxylic acids is 1. The van der Waals surface area contributed by atoms with E-state index in [1.54, 1.807) is 0 Å². The Hall–Kier alpha value is 0.178. The van der Waals surface area contributed by atoms with E-state index < -0.39 is 11.9 Å². The molecule has 0 rings (SSSR count). The van der Waals surface area contributed by atoms with E-state index >= 15 is 0 Å². The van der Waals surface area contributed by atoms with Crippen LogP contribution in [0.3, 0.4) is 0 Å². The van der Waals surface area contributed by atoms with Gasteiger partial charge < -0.3 is 0 Å². The second-order valence-corrected chi connectivity index (χ2v) is 2.73. The summed E-state index contributed by atoms with van der Waals surface area (Å²) >= 11 is 1.06. The summed E-state index contributed by atoms with van der Waals surface area (Å²) in [7, 11) is 2.45. The second-order valence-electron chi connectivity index (χ2n) is 1.46. The van der Waals surface area contributed by atoms with Gasteiger partial charge in [-0.1, -0.05) is 14.9 Å². The van der Waals surface area contributed by atoms with Crippen molar-refractivity contribution in [2.75, 3.05) is 14.2 Å². The molecule has 0 saturated carbocycles. The molecule has 0 aliphatic rings. The van der Waals surface area contributed by atoms with Crippen LogP contribution in [0.4, 0.5) is 0 Å². The molecule has 0 aromatic rings. The van der Waals surface area contributed by atoms with Crippen molar-refractivity contribution >= 4 is 52.2 Å². The number of ether oxygens (including phenoxy) is 2. The first kappa shape index (κ1) is 23.8. The summed E-state index contributed by atoms with van der Waals surface area (Å²) in [6, 6.07) is 0. The molecule has 5 radical (unpaired) electrons. The summed E-state index contributed by atoms with van der Waals surface area (Å²) in [5.74, 6) is -1.24. The average molecular weight is 424 g/mol. The first-order valence-corrected chi connectivity index (χ1v) is 3.88. The monoisotopic (exact) mass is 427 g/mol. The van der Waals surface area contributed by atoms with Crippen molar-refractivity contribution in [2.24, 2.45) is 0 Å². The Labute approximate surface area is 117 Å². The molecule has 83 valence electrons. The van der Waals surface area contributed by atoms with Crippen LogP contribution in [0.1, 0.15) is 16.3 Å². The van der Waals surface area contributed by atoms with Gasteiger partial charge in [0.1, 0.15) is 0 Å². The maximum atomic E-state index is 10.6. The van der Waals surface area contributed by atoms with Gasteiger partial charge in [0.25, 0.3) is 0 Å². The van der Waals surface area contributed by atoms with Crippen LogP contribution in [0.5, 0.6) is 0 Å². The van der Waals surface area contributed by atoms with Crippen molar-refractivity contribution in [3.05, 3.63) is 15.3 Å². The Kier molecular flexibility index (Phi) is 22.4. The molecule has 0 amide bonds. The summed E-state index contributed by atoms with van der Waals surface area (Å²) in [5, 5.41) is 10.5. The topological polar surface area (TPSA) is 55.4 Å². The molecule has 0 aliphatic heterocycles. The van der Waals surface area contributed by atoms with Crippen molar-refractivity contribution in [3.8, 4) is 0 Å². The van der Waals surface area contributed by atoms with E-state index in [0.29, 0.717) is 0 Å². The van der Waals surface area contributed by atoms with Gasteiger partial charge in [0, 0.05) is 25.3 Å². The van der Waals surface area contributed by atoms with Crippen LogP contribution in [-0.4, -0.2) is 66.4 Å². The van der Waals surface area contributed by atoms with E-state index in [9.17, 15) is 9.90 Å². The fourth-order valence-electron chi connectivity index (χ4n) is 0.295. The van der Waals surface area contributed by atoms with Crippen LogP contribution in [0.25, 0.3) is 0 Å². The van der Waals surface area contributed by atoms with Crippen molar-refractivity contribution in [1.29, 1.82) is 0 Å². The molecule has 6 heteroatoms. The number of methoxy groups -OCH3 is 2. The van der Waals surface area contributed by atoms with Crippen molar-refractivity contribution in [1.82, 2.24) is 0 Å². The Morgan fingerprint density at radius 3 is 2.00 bits per heavy atom. The van der Waals surface area contributed by atoms with Crippen molar-refractivity contribution in [3.63, 3.8) is 0 Å². The zero-order chi connectivity index (χ0) is 8.85. The molecule has 0 heterocycles. The third-order valence-corrected chi connectivity index (χ3v) is 1.62. The van der Waals surface area contributed by atoms with E-state index in [1.165, 1.54) is 14.2 Å². The molecule has 0 aromatic carbocycles. The quantitative estimate of drug-likeness (QED) is 0.215. The number of rotatable bonds is 2. The van der Waals surface area contributed by atoms with Gasteiger partial charge >= 0.3 is 77.2 Å². The van der Waals surface area contributed by atoms with Gasteiger partial charge in [0.2, 0.25) is 0 Å². The fraction of sp³-hybridized carbons (Fsp3) is 0.500. The van der Waals surface area contributed by atoms with E-state index in [1.807, 2.05) is 0 Å². The molecule has 0 saturated heterocycles. The van der Waals surface area contributed by atoms with Crippen LogP contribution < -0.4 is 0 Å². The molecular weight excluding hydrogens is 406 g/mol. The predicted molar refractivity (Wildman–Crippen MR) is 58.7 cm³/mol. The van der Waals surface area contributed by atoms with Crippen LogP contribution in [0.15, 0.2) is 15.3 Å². The Morgan fingerprint density at radius 2 is 1.71 bits per heavy atom. The molecule has 0 spiro atoms. The van der Waals surface area contributed by atoms with Gasteiger partial charge in [-0.2, -0.15) is 0 Å². The van der Waals surface area contributed by atoms with E-state index in [2.05, 4.69) is 15.2 Å². The maximum Gasteiger partial charge on any atom is 0 e. The van der Waals surface area contributed by atoms with E-state index in [-0.39, 0.29) is 43.8 Å². The molecule has 0 fully saturated rings. The van der Waals surface area contributed by atoms with Crippen LogP contribution in [0, 0.1) is 0 Å². The molecular formula is C8H17O4SnTe. The van der Waals surface area contributed by atoms with E-state index in [4.69, 9.17) is 0 Å². The largest absolute Gasteiger partial charge is 0 e. The SMILES string of the molecule is C.C.COC(=O)C([TeH])=C=C([O])OC.[HH].[Sn]. The van der Waals surface area contributed by atoms with Gasteiger partial charge in [0.05, 0.1) is 0 Å². The molecule has 0 N–H and O–H groups in total. The molecule has 0 bridgehead atoms. The first-order valence-electron chi connectivity index (χ1n) is 2.61. The minimum absolute atomic E-state index is 0. The van der Waals surface area contributed by atoms with Gasteiger partial charge in [-0.15, -0.1) is 0 Å². The van der Waals surface area contributed by atoms with Gasteiger partial charge in [-0.3, -0.25) is 0 Å². The summed E-state index contributed by atoms with van der Waals surface area (Å²) < 4.78 is 8.72. The second kappa shape index (κ2) is 13.2. The summed E-state index contributed by atoms with van der Waals surface area (Å²) in [5.41, 5.74) is 2.18. The zero-order valence-corrected chi connectivity index (χ0v) is 12.0. The van der Waals surface area contributed by atoms with Gasteiger partial charge in [-0.05, 0) is 0 Å². The average Bonchev–Trinajstić information content (AvgIpc) is 2.02. The molecule has 14 heavy (non-hydrogen) atoms. The smallest absolute Gasteiger partial charge is 0 e. The van der Waals surface area contributed by atoms with Crippen LogP contribution in [-0.2, 0) is 19.4 Å². The Bertz CT molecular complexity index is 227. The van der Waals surface area contributed by atoms with Gasteiger partial charge in [-0.25, -0.2) is 0 Å². The molecule has 0 atom stereocenters. The maximum absolute atomic E-state index is 10.6. The number of hydrogen-bond donors (Lipinski definition) is 0. The standard InChI is InChI=1S/C6H7O4Te.2CH4.Sn.H2/c1-9-5(7)3-4(11)6(8)10-2;;;;/h11H,1-2H3;2*1H4;;1H. The van der Waals surface area contributed by atoms with Crippen LogP contribution in [0.2, 0.25) is 0 Å². The van der Waals surface area contributed by atoms with Crippen LogP contribution >= 0.6 is 0 Å². The molecule has 0 aliphatic carbocycles. The number of hydrogen-bond acceptors (Lipinski definition) is 3. The predicted octanol–water partition coefficient (Wildman–Crippen LogP) is 0.599. The number of esters is 1. The molecule has 0 unspecified atom stereocenters. The Morgan fingerprint density at radius 1 is 1.29 bits per heavy atom. The summed E-state index contributed by atoms with van der Waals surface area (Å²) in [6.07, 6.45) is 0. The minimum atomic E-state index is -0.675. The Balaban J connectivity index is -0.0000000833. The summed E-state index contributed by atoms with van der Waals surface area (Å²) in [6.45, 7) is 0. The fourth-order valence-corrected chi connectivity index (χ4v) is 0.816.